The van der Waals surface area contributed by atoms with E-state index in [1.54, 1.807) is 24.4 Å². The molecule has 11 heteroatoms. The number of aromatic nitrogens is 3. The molecule has 4 aromatic rings. The van der Waals surface area contributed by atoms with Gasteiger partial charge in [0.25, 0.3) is 0 Å². The van der Waals surface area contributed by atoms with Gasteiger partial charge >= 0.3 is 6.18 Å². The van der Waals surface area contributed by atoms with Crippen LogP contribution in [0.3, 0.4) is 0 Å². The van der Waals surface area contributed by atoms with Gasteiger partial charge in [0.15, 0.2) is 11.5 Å². The maximum absolute atomic E-state index is 13.2. The average molecular weight is 486 g/mol. The number of benzene rings is 1. The standard InChI is InChI=1S/C24H21F3N4O4/c1-23(2,24(25,26)27)20-10-22(35-31-20)30-21(33)6-13-4-5-16(28-11-13)15-7-14-8-19(34-3)18(32)9-17(14)29-12-15/h4-5,7-12,32H,6H2,1-3H3,(H,30,33). The van der Waals surface area contributed by atoms with Crippen LogP contribution >= 0.6 is 0 Å². The van der Waals surface area contributed by atoms with Gasteiger partial charge in [-0.3, -0.25) is 20.1 Å². The predicted octanol–water partition coefficient (Wildman–Crippen LogP) is 5.02. The fourth-order valence-electron chi connectivity index (χ4n) is 3.29. The number of halogens is 3. The van der Waals surface area contributed by atoms with Crippen LogP contribution in [0.2, 0.25) is 0 Å². The van der Waals surface area contributed by atoms with Crippen LogP contribution < -0.4 is 10.1 Å². The highest BCUT2D eigenvalue weighted by Gasteiger charge is 2.50. The lowest BCUT2D eigenvalue weighted by atomic mass is 9.89. The number of hydrogen-bond acceptors (Lipinski definition) is 7. The van der Waals surface area contributed by atoms with Gasteiger partial charge in [0.05, 0.1) is 24.7 Å². The van der Waals surface area contributed by atoms with Crippen molar-refractivity contribution in [1.29, 1.82) is 0 Å². The maximum atomic E-state index is 13.2. The van der Waals surface area contributed by atoms with Gasteiger partial charge in [0.2, 0.25) is 11.8 Å². The van der Waals surface area contributed by atoms with Crippen molar-refractivity contribution in [3.05, 3.63) is 60.0 Å². The molecule has 1 aromatic carbocycles. The molecule has 4 rings (SSSR count). The molecule has 1 amide bonds. The SMILES string of the molecule is COc1cc2cc(-c3ccc(CC(=O)Nc4cc(C(C)(C)C(F)(F)F)no4)cn3)cnc2cc1O. The first-order valence-electron chi connectivity index (χ1n) is 10.4. The van der Waals surface area contributed by atoms with Crippen LogP contribution in [-0.4, -0.2) is 39.4 Å². The average Bonchev–Trinajstić information content (AvgIpc) is 3.27. The Labute approximate surface area is 197 Å². The number of carbonyl (C=O) groups excluding carboxylic acids is 1. The Kier molecular flexibility index (Phi) is 6.10. The van der Waals surface area contributed by atoms with Crippen molar-refractivity contribution in [2.24, 2.45) is 0 Å². The van der Waals surface area contributed by atoms with Gasteiger partial charge in [0, 0.05) is 35.5 Å². The summed E-state index contributed by atoms with van der Waals surface area (Å²) in [6.07, 6.45) is -1.45. The summed E-state index contributed by atoms with van der Waals surface area (Å²) in [4.78, 5) is 21.1. The van der Waals surface area contributed by atoms with Crippen LogP contribution in [0.25, 0.3) is 22.2 Å². The third-order valence-electron chi connectivity index (χ3n) is 5.59. The summed E-state index contributed by atoms with van der Waals surface area (Å²) in [7, 11) is 1.46. The number of ether oxygens (including phenoxy) is 1. The van der Waals surface area contributed by atoms with Crippen molar-refractivity contribution in [3.63, 3.8) is 0 Å². The van der Waals surface area contributed by atoms with Gasteiger partial charge in [0.1, 0.15) is 11.1 Å². The number of alkyl halides is 3. The number of aromatic hydroxyl groups is 1. The lowest BCUT2D eigenvalue weighted by molar-refractivity contribution is -0.181. The van der Waals surface area contributed by atoms with E-state index in [1.165, 1.54) is 19.4 Å². The fourth-order valence-corrected chi connectivity index (χ4v) is 3.29. The molecule has 0 unspecified atom stereocenters. The Morgan fingerprint density at radius 2 is 1.89 bits per heavy atom. The van der Waals surface area contributed by atoms with E-state index >= 15 is 0 Å². The zero-order valence-electron chi connectivity index (χ0n) is 19.0. The molecular formula is C24H21F3N4O4. The van der Waals surface area contributed by atoms with Gasteiger partial charge in [-0.25, -0.2) is 0 Å². The molecule has 182 valence electrons. The minimum absolute atomic E-state index is 0.00776. The van der Waals surface area contributed by atoms with Gasteiger partial charge in [-0.15, -0.1) is 0 Å². The highest BCUT2D eigenvalue weighted by atomic mass is 19.4. The van der Waals surface area contributed by atoms with Gasteiger partial charge in [-0.2, -0.15) is 13.2 Å². The van der Waals surface area contributed by atoms with E-state index in [9.17, 15) is 23.1 Å². The number of methoxy groups -OCH3 is 1. The number of rotatable bonds is 6. The molecule has 2 N–H and O–H groups in total. The summed E-state index contributed by atoms with van der Waals surface area (Å²) >= 11 is 0. The number of amides is 1. The molecule has 0 saturated carbocycles. The Bertz CT molecular complexity index is 1380. The van der Waals surface area contributed by atoms with Crippen LogP contribution in [0, 0.1) is 0 Å². The van der Waals surface area contributed by atoms with E-state index in [0.29, 0.717) is 22.5 Å². The van der Waals surface area contributed by atoms with Crippen molar-refractivity contribution >= 4 is 22.7 Å². The van der Waals surface area contributed by atoms with E-state index in [0.717, 1.165) is 30.9 Å². The molecule has 0 bridgehead atoms. The predicted molar refractivity (Wildman–Crippen MR) is 121 cm³/mol. The molecule has 3 aromatic heterocycles. The third kappa shape index (κ3) is 4.88. The van der Waals surface area contributed by atoms with E-state index in [-0.39, 0.29) is 23.7 Å². The first-order chi connectivity index (χ1) is 16.5. The van der Waals surface area contributed by atoms with Crippen LogP contribution in [0.4, 0.5) is 19.1 Å². The molecule has 0 aliphatic rings. The monoisotopic (exact) mass is 486 g/mol. The summed E-state index contributed by atoms with van der Waals surface area (Å²) < 4.78 is 49.5. The van der Waals surface area contributed by atoms with Gasteiger partial charge in [-0.05, 0) is 37.6 Å². The molecule has 0 atom stereocenters. The molecule has 0 aliphatic heterocycles. The Morgan fingerprint density at radius 1 is 1.11 bits per heavy atom. The number of phenolic OH excluding ortho intramolecular Hbond substituents is 1. The van der Waals surface area contributed by atoms with Crippen molar-refractivity contribution in [2.75, 3.05) is 12.4 Å². The number of phenols is 1. The second kappa shape index (κ2) is 8.90. The number of nitrogens with one attached hydrogen (secondary N) is 1. The van der Waals surface area contributed by atoms with Gasteiger partial charge in [-0.1, -0.05) is 11.2 Å². The number of pyridine rings is 2. The zero-order valence-corrected chi connectivity index (χ0v) is 19.0. The maximum Gasteiger partial charge on any atom is 0.399 e. The van der Waals surface area contributed by atoms with Crippen molar-refractivity contribution < 1.29 is 32.3 Å². The zero-order chi connectivity index (χ0) is 25.4. The van der Waals surface area contributed by atoms with Crippen molar-refractivity contribution in [1.82, 2.24) is 15.1 Å². The second-order valence-electron chi connectivity index (χ2n) is 8.42. The summed E-state index contributed by atoms with van der Waals surface area (Å²) in [6, 6.07) is 9.53. The number of hydrogen-bond donors (Lipinski definition) is 2. The van der Waals surface area contributed by atoms with Crippen LogP contribution in [0.15, 0.2) is 53.3 Å². The van der Waals surface area contributed by atoms with Crippen LogP contribution in [0.5, 0.6) is 11.5 Å². The summed E-state index contributed by atoms with van der Waals surface area (Å²) in [5.41, 5.74) is -0.0326. The normalized spacial score (nSPS) is 12.1. The number of carbonyl (C=O) groups is 1. The molecule has 8 nitrogen and oxygen atoms in total. The number of anilines is 1. The van der Waals surface area contributed by atoms with Crippen molar-refractivity contribution in [3.8, 4) is 22.8 Å². The smallest absolute Gasteiger partial charge is 0.399 e. The molecular weight excluding hydrogens is 465 g/mol. The molecule has 35 heavy (non-hydrogen) atoms. The minimum Gasteiger partial charge on any atom is -0.504 e. The summed E-state index contributed by atoms with van der Waals surface area (Å²) in [6.45, 7) is 1.96. The van der Waals surface area contributed by atoms with E-state index < -0.39 is 17.5 Å². The molecule has 0 fully saturated rings. The summed E-state index contributed by atoms with van der Waals surface area (Å²) in [5, 5.41) is 16.5. The minimum atomic E-state index is -4.52. The Morgan fingerprint density at radius 3 is 2.54 bits per heavy atom. The van der Waals surface area contributed by atoms with Gasteiger partial charge < -0.3 is 14.4 Å². The van der Waals surface area contributed by atoms with Crippen LogP contribution in [0.1, 0.15) is 25.1 Å². The first kappa shape index (κ1) is 24.0. The summed E-state index contributed by atoms with van der Waals surface area (Å²) in [5.74, 6) is -0.347. The highest BCUT2D eigenvalue weighted by Crippen LogP contribution is 2.40. The second-order valence-corrected chi connectivity index (χ2v) is 8.42. The topological polar surface area (TPSA) is 110 Å². The largest absolute Gasteiger partial charge is 0.504 e. The molecule has 0 aliphatic carbocycles. The van der Waals surface area contributed by atoms with E-state index in [4.69, 9.17) is 9.26 Å². The Balaban J connectivity index is 1.44. The molecule has 3 heterocycles. The molecule has 0 saturated heterocycles. The quantitative estimate of drug-likeness (QED) is 0.394. The fraction of sp³-hybridized carbons (Fsp3) is 0.250. The third-order valence-corrected chi connectivity index (χ3v) is 5.59. The molecule has 0 radical (unpaired) electrons. The number of nitrogens with zero attached hydrogens (tertiary/aromatic N) is 3. The lowest BCUT2D eigenvalue weighted by Crippen LogP contribution is -2.36. The number of fused-ring (bicyclic) bond motifs is 1. The highest BCUT2D eigenvalue weighted by molar-refractivity contribution is 5.91. The lowest BCUT2D eigenvalue weighted by Gasteiger charge is -2.24. The molecule has 0 spiro atoms. The first-order valence-corrected chi connectivity index (χ1v) is 10.4. The van der Waals surface area contributed by atoms with E-state index in [1.807, 2.05) is 6.07 Å². The van der Waals surface area contributed by atoms with Crippen LogP contribution in [-0.2, 0) is 16.6 Å². The van der Waals surface area contributed by atoms with Crippen molar-refractivity contribution in [2.45, 2.75) is 31.9 Å². The van der Waals surface area contributed by atoms with E-state index in [2.05, 4.69) is 20.4 Å². The Hall–Kier alpha value is -4.15.